The van der Waals surface area contributed by atoms with Crippen LogP contribution >= 0.6 is 0 Å². The van der Waals surface area contributed by atoms with Gasteiger partial charge in [0.25, 0.3) is 0 Å². The molecule has 3 rings (SSSR count). The molecular formula is C16H16N2O2. The standard InChI is InChI=1S/C16H16N2O2/c1-11-6-7-14(17-10-11)18-9-8-12-4-2-3-5-13(12)15(18)16(19)20/h2-7,10,15H,8-9H2,1H3,(H,19,20). The fourth-order valence-corrected chi connectivity index (χ4v) is 2.71. The van der Waals surface area contributed by atoms with Crippen LogP contribution in [0.4, 0.5) is 5.82 Å². The summed E-state index contributed by atoms with van der Waals surface area (Å²) in [4.78, 5) is 17.9. The predicted octanol–water partition coefficient (Wildman–Crippen LogP) is 2.58. The van der Waals surface area contributed by atoms with Crippen molar-refractivity contribution >= 4 is 11.8 Å². The number of hydrogen-bond donors (Lipinski definition) is 1. The van der Waals surface area contributed by atoms with Gasteiger partial charge in [0.2, 0.25) is 0 Å². The number of benzene rings is 1. The first-order valence-electron chi connectivity index (χ1n) is 6.67. The SMILES string of the molecule is Cc1ccc(N2CCc3ccccc3C2C(=O)O)nc1. The molecule has 1 aromatic heterocycles. The smallest absolute Gasteiger partial charge is 0.331 e. The van der Waals surface area contributed by atoms with Crippen molar-refractivity contribution in [3.63, 3.8) is 0 Å². The topological polar surface area (TPSA) is 53.4 Å². The van der Waals surface area contributed by atoms with E-state index < -0.39 is 12.0 Å². The Kier molecular flexibility index (Phi) is 3.14. The third-order valence-corrected chi connectivity index (χ3v) is 3.71. The van der Waals surface area contributed by atoms with Gasteiger partial charge in [-0.05, 0) is 36.1 Å². The largest absolute Gasteiger partial charge is 0.479 e. The lowest BCUT2D eigenvalue weighted by molar-refractivity contribution is -0.138. The second-order valence-electron chi connectivity index (χ2n) is 5.08. The first-order chi connectivity index (χ1) is 9.66. The van der Waals surface area contributed by atoms with Gasteiger partial charge in [-0.3, -0.25) is 0 Å². The molecule has 0 radical (unpaired) electrons. The summed E-state index contributed by atoms with van der Waals surface area (Å²) in [5.74, 6) is -0.114. The van der Waals surface area contributed by atoms with Crippen LogP contribution in [0.2, 0.25) is 0 Å². The summed E-state index contributed by atoms with van der Waals surface area (Å²) < 4.78 is 0. The lowest BCUT2D eigenvalue weighted by atomic mass is 9.92. The molecule has 0 amide bonds. The zero-order valence-electron chi connectivity index (χ0n) is 11.3. The zero-order valence-corrected chi connectivity index (χ0v) is 11.3. The lowest BCUT2D eigenvalue weighted by Crippen LogP contribution is -2.40. The van der Waals surface area contributed by atoms with Crippen LogP contribution in [0.15, 0.2) is 42.6 Å². The molecule has 0 bridgehead atoms. The van der Waals surface area contributed by atoms with E-state index in [4.69, 9.17) is 0 Å². The minimum atomic E-state index is -0.834. The average molecular weight is 268 g/mol. The van der Waals surface area contributed by atoms with Gasteiger partial charge in [0.05, 0.1) is 0 Å². The van der Waals surface area contributed by atoms with Gasteiger partial charge in [-0.2, -0.15) is 0 Å². The Morgan fingerprint density at radius 2 is 2.10 bits per heavy atom. The highest BCUT2D eigenvalue weighted by Gasteiger charge is 2.33. The minimum Gasteiger partial charge on any atom is -0.479 e. The van der Waals surface area contributed by atoms with Crippen LogP contribution in [0.25, 0.3) is 0 Å². The number of carboxylic acids is 1. The second-order valence-corrected chi connectivity index (χ2v) is 5.08. The number of nitrogens with zero attached hydrogens (tertiary/aromatic N) is 2. The van der Waals surface area contributed by atoms with E-state index in [1.807, 2.05) is 48.2 Å². The normalized spacial score (nSPS) is 17.6. The highest BCUT2D eigenvalue weighted by atomic mass is 16.4. The third-order valence-electron chi connectivity index (χ3n) is 3.71. The fraction of sp³-hybridized carbons (Fsp3) is 0.250. The van der Waals surface area contributed by atoms with Crippen molar-refractivity contribution in [1.82, 2.24) is 4.98 Å². The highest BCUT2D eigenvalue weighted by molar-refractivity contribution is 5.81. The maximum absolute atomic E-state index is 11.7. The van der Waals surface area contributed by atoms with Crippen molar-refractivity contribution in [2.75, 3.05) is 11.4 Å². The van der Waals surface area contributed by atoms with Gasteiger partial charge in [0.1, 0.15) is 5.82 Å². The van der Waals surface area contributed by atoms with Crippen molar-refractivity contribution in [2.45, 2.75) is 19.4 Å². The first-order valence-corrected chi connectivity index (χ1v) is 6.67. The number of aliphatic carboxylic acids is 1. The number of hydrogen-bond acceptors (Lipinski definition) is 3. The van der Waals surface area contributed by atoms with E-state index in [2.05, 4.69) is 4.98 Å². The van der Waals surface area contributed by atoms with E-state index in [0.29, 0.717) is 6.54 Å². The van der Waals surface area contributed by atoms with Gasteiger partial charge in [0, 0.05) is 12.7 Å². The molecule has 0 aliphatic carbocycles. The Hall–Kier alpha value is -2.36. The van der Waals surface area contributed by atoms with Crippen molar-refractivity contribution in [3.05, 3.63) is 59.3 Å². The molecule has 0 saturated heterocycles. The third kappa shape index (κ3) is 2.13. The van der Waals surface area contributed by atoms with E-state index in [1.165, 1.54) is 0 Å². The number of carboxylic acid groups (broad SMARTS) is 1. The molecule has 102 valence electrons. The van der Waals surface area contributed by atoms with Crippen LogP contribution < -0.4 is 4.90 Å². The Balaban J connectivity index is 2.04. The van der Waals surface area contributed by atoms with Crippen LogP contribution in [-0.2, 0) is 11.2 Å². The van der Waals surface area contributed by atoms with Gasteiger partial charge in [-0.1, -0.05) is 30.3 Å². The van der Waals surface area contributed by atoms with Crippen molar-refractivity contribution in [1.29, 1.82) is 0 Å². The number of aryl methyl sites for hydroxylation is 1. The van der Waals surface area contributed by atoms with Crippen molar-refractivity contribution < 1.29 is 9.90 Å². The van der Waals surface area contributed by atoms with E-state index in [9.17, 15) is 9.90 Å². The van der Waals surface area contributed by atoms with Crippen LogP contribution in [0.5, 0.6) is 0 Å². The molecule has 1 aliphatic rings. The van der Waals surface area contributed by atoms with Crippen molar-refractivity contribution in [3.8, 4) is 0 Å². The average Bonchev–Trinajstić information content (AvgIpc) is 2.46. The van der Waals surface area contributed by atoms with Gasteiger partial charge >= 0.3 is 5.97 Å². The number of rotatable bonds is 2. The van der Waals surface area contributed by atoms with Crippen LogP contribution in [0.3, 0.4) is 0 Å². The second kappa shape index (κ2) is 4.96. The summed E-state index contributed by atoms with van der Waals surface area (Å²) in [5, 5.41) is 9.60. The monoisotopic (exact) mass is 268 g/mol. The fourth-order valence-electron chi connectivity index (χ4n) is 2.71. The number of anilines is 1. The summed E-state index contributed by atoms with van der Waals surface area (Å²) in [7, 11) is 0. The number of aromatic nitrogens is 1. The number of carbonyl (C=O) groups is 1. The molecule has 4 nitrogen and oxygen atoms in total. The van der Waals surface area contributed by atoms with Crippen LogP contribution in [-0.4, -0.2) is 22.6 Å². The summed E-state index contributed by atoms with van der Waals surface area (Å²) in [6.45, 7) is 2.64. The maximum atomic E-state index is 11.7. The zero-order chi connectivity index (χ0) is 14.1. The van der Waals surface area contributed by atoms with Crippen molar-refractivity contribution in [2.24, 2.45) is 0 Å². The summed E-state index contributed by atoms with van der Waals surface area (Å²) in [6.07, 6.45) is 2.62. The molecule has 1 N–H and O–H groups in total. The molecule has 2 heterocycles. The highest BCUT2D eigenvalue weighted by Crippen LogP contribution is 2.32. The molecular weight excluding hydrogens is 252 g/mol. The van der Waals surface area contributed by atoms with Gasteiger partial charge < -0.3 is 10.0 Å². The van der Waals surface area contributed by atoms with Gasteiger partial charge in [-0.25, -0.2) is 9.78 Å². The molecule has 0 fully saturated rings. The number of fused-ring (bicyclic) bond motifs is 1. The molecule has 1 unspecified atom stereocenters. The molecule has 0 saturated carbocycles. The molecule has 0 spiro atoms. The first kappa shape index (κ1) is 12.7. The Bertz CT molecular complexity index is 637. The van der Waals surface area contributed by atoms with Crippen LogP contribution in [0, 0.1) is 6.92 Å². The predicted molar refractivity (Wildman–Crippen MR) is 76.8 cm³/mol. The van der Waals surface area contributed by atoms with E-state index >= 15 is 0 Å². The Morgan fingerprint density at radius 1 is 1.30 bits per heavy atom. The maximum Gasteiger partial charge on any atom is 0.331 e. The van der Waals surface area contributed by atoms with E-state index in [1.54, 1.807) is 6.20 Å². The molecule has 20 heavy (non-hydrogen) atoms. The van der Waals surface area contributed by atoms with Crippen LogP contribution in [0.1, 0.15) is 22.7 Å². The molecule has 2 aromatic rings. The molecule has 1 aromatic carbocycles. The molecule has 1 aliphatic heterocycles. The van der Waals surface area contributed by atoms with Gasteiger partial charge in [-0.15, -0.1) is 0 Å². The molecule has 4 heteroatoms. The minimum absolute atomic E-state index is 0.657. The van der Waals surface area contributed by atoms with Gasteiger partial charge in [0.15, 0.2) is 6.04 Å². The Morgan fingerprint density at radius 3 is 2.80 bits per heavy atom. The molecule has 1 atom stereocenters. The summed E-state index contributed by atoms with van der Waals surface area (Å²) >= 11 is 0. The van der Waals surface area contributed by atoms with E-state index in [-0.39, 0.29) is 0 Å². The summed E-state index contributed by atoms with van der Waals surface area (Å²) in [6, 6.07) is 10.9. The number of pyridine rings is 1. The van der Waals surface area contributed by atoms with E-state index in [0.717, 1.165) is 28.9 Å². The quantitative estimate of drug-likeness (QED) is 0.909. The Labute approximate surface area is 117 Å². The summed E-state index contributed by atoms with van der Waals surface area (Å²) in [5.41, 5.74) is 3.05. The lowest BCUT2D eigenvalue weighted by Gasteiger charge is -2.35.